The van der Waals surface area contributed by atoms with Crippen molar-refractivity contribution >= 4 is 23.2 Å². The lowest BCUT2D eigenvalue weighted by Gasteiger charge is -2.34. The number of carbonyl (C=O) groups excluding carboxylic acids is 2. The summed E-state index contributed by atoms with van der Waals surface area (Å²) in [6.45, 7) is 7.95. The fraction of sp³-hybridized carbons (Fsp3) is 0.500. The van der Waals surface area contributed by atoms with Gasteiger partial charge in [-0.05, 0) is 47.1 Å². The number of carbonyl (C=O) groups is 2. The minimum absolute atomic E-state index is 0.0657. The highest BCUT2D eigenvalue weighted by atomic mass is 32.1. The molecule has 1 saturated carbocycles. The molecular weight excluding hydrogens is 374 g/mol. The van der Waals surface area contributed by atoms with Crippen molar-refractivity contribution < 1.29 is 9.59 Å². The number of likely N-dealkylation sites (tertiary alicyclic amines) is 1. The zero-order chi connectivity index (χ0) is 19.7. The molecule has 1 aliphatic heterocycles. The number of hydrogen-bond donors (Lipinski definition) is 0. The van der Waals surface area contributed by atoms with Gasteiger partial charge in [0.05, 0.1) is 12.7 Å². The van der Waals surface area contributed by atoms with Gasteiger partial charge in [-0.1, -0.05) is 11.3 Å². The van der Waals surface area contributed by atoms with E-state index in [1.165, 1.54) is 5.56 Å². The summed E-state index contributed by atoms with van der Waals surface area (Å²) in [6.07, 6.45) is 6.29. The standard InChI is InChI=1S/C20H25N5O2S/c1-3-7-24-13-17(21-22-24)19(27)23-8-5-20(6-9-23)11-18(20)25(15(2)26)12-16-4-10-28-14-16/h3-4,10,13-14,18H,1,5-9,11-12H2,2H3. The van der Waals surface area contributed by atoms with Gasteiger partial charge in [-0.15, -0.1) is 11.7 Å². The molecule has 7 nitrogen and oxygen atoms in total. The number of aromatic nitrogens is 3. The normalized spacial score (nSPS) is 20.2. The van der Waals surface area contributed by atoms with Crippen molar-refractivity contribution in [1.82, 2.24) is 24.8 Å². The summed E-state index contributed by atoms with van der Waals surface area (Å²) in [7, 11) is 0. The highest BCUT2D eigenvalue weighted by molar-refractivity contribution is 7.07. The Balaban J connectivity index is 1.36. The zero-order valence-corrected chi connectivity index (χ0v) is 16.9. The summed E-state index contributed by atoms with van der Waals surface area (Å²) in [6, 6.07) is 2.37. The number of amides is 2. The number of allylic oxidation sites excluding steroid dienone is 1. The van der Waals surface area contributed by atoms with Crippen molar-refractivity contribution in [2.75, 3.05) is 13.1 Å². The molecule has 0 N–H and O–H groups in total. The first kappa shape index (κ1) is 18.9. The lowest BCUT2D eigenvalue weighted by Crippen LogP contribution is -2.42. The van der Waals surface area contributed by atoms with Crippen LogP contribution in [0.25, 0.3) is 0 Å². The quantitative estimate of drug-likeness (QED) is 0.700. The molecule has 1 aliphatic carbocycles. The van der Waals surface area contributed by atoms with E-state index in [1.807, 2.05) is 15.2 Å². The highest BCUT2D eigenvalue weighted by Gasteiger charge is 2.58. The van der Waals surface area contributed by atoms with Crippen LogP contribution in [0.4, 0.5) is 0 Å². The average molecular weight is 400 g/mol. The Labute approximate surface area is 168 Å². The Morgan fingerprint density at radius 1 is 1.43 bits per heavy atom. The largest absolute Gasteiger partial charge is 0.337 e. The van der Waals surface area contributed by atoms with Crippen LogP contribution in [-0.4, -0.2) is 55.7 Å². The van der Waals surface area contributed by atoms with Crippen molar-refractivity contribution in [3.63, 3.8) is 0 Å². The van der Waals surface area contributed by atoms with Gasteiger partial charge < -0.3 is 9.80 Å². The summed E-state index contributed by atoms with van der Waals surface area (Å²) in [5, 5.41) is 12.1. The van der Waals surface area contributed by atoms with Gasteiger partial charge in [0, 0.05) is 32.6 Å². The maximum atomic E-state index is 12.7. The molecule has 0 bridgehead atoms. The van der Waals surface area contributed by atoms with Gasteiger partial charge >= 0.3 is 0 Å². The van der Waals surface area contributed by atoms with Crippen LogP contribution in [0.5, 0.6) is 0 Å². The molecule has 2 fully saturated rings. The molecule has 2 amide bonds. The molecule has 1 atom stereocenters. The predicted molar refractivity (Wildman–Crippen MR) is 107 cm³/mol. The minimum Gasteiger partial charge on any atom is -0.337 e. The van der Waals surface area contributed by atoms with E-state index in [2.05, 4.69) is 28.3 Å². The first-order valence-corrected chi connectivity index (χ1v) is 10.6. The number of hydrogen-bond acceptors (Lipinski definition) is 5. The molecule has 1 unspecified atom stereocenters. The van der Waals surface area contributed by atoms with E-state index in [4.69, 9.17) is 0 Å². The SMILES string of the molecule is C=CCn1cc(C(=O)N2CCC3(CC2)CC3N(Cc2ccsc2)C(C)=O)nn1. The molecule has 148 valence electrons. The predicted octanol–water partition coefficient (Wildman–Crippen LogP) is 2.57. The monoisotopic (exact) mass is 399 g/mol. The van der Waals surface area contributed by atoms with E-state index in [-0.39, 0.29) is 23.3 Å². The fourth-order valence-electron chi connectivity index (χ4n) is 4.26. The molecule has 3 heterocycles. The third-order valence-corrected chi connectivity index (χ3v) is 6.71. The lowest BCUT2D eigenvalue weighted by molar-refractivity contribution is -0.130. The third-order valence-electron chi connectivity index (χ3n) is 5.98. The molecule has 1 saturated heterocycles. The van der Waals surface area contributed by atoms with E-state index in [0.29, 0.717) is 31.9 Å². The first-order chi connectivity index (χ1) is 13.5. The van der Waals surface area contributed by atoms with E-state index in [9.17, 15) is 9.59 Å². The topological polar surface area (TPSA) is 71.3 Å². The van der Waals surface area contributed by atoms with E-state index in [1.54, 1.807) is 35.2 Å². The van der Waals surface area contributed by atoms with Crippen LogP contribution in [0.15, 0.2) is 35.7 Å². The Morgan fingerprint density at radius 3 is 2.86 bits per heavy atom. The van der Waals surface area contributed by atoms with Crippen LogP contribution in [0.1, 0.15) is 42.2 Å². The maximum absolute atomic E-state index is 12.7. The van der Waals surface area contributed by atoms with Crippen LogP contribution in [0.3, 0.4) is 0 Å². The van der Waals surface area contributed by atoms with Gasteiger partial charge in [-0.25, -0.2) is 4.68 Å². The number of thiophene rings is 1. The summed E-state index contributed by atoms with van der Waals surface area (Å²) in [5.74, 6) is 0.0643. The Hall–Kier alpha value is -2.48. The summed E-state index contributed by atoms with van der Waals surface area (Å²) >= 11 is 1.66. The van der Waals surface area contributed by atoms with Crippen molar-refractivity contribution in [1.29, 1.82) is 0 Å². The van der Waals surface area contributed by atoms with Crippen LogP contribution < -0.4 is 0 Å². The average Bonchev–Trinajstić information content (AvgIpc) is 3.09. The van der Waals surface area contributed by atoms with Gasteiger partial charge in [-0.2, -0.15) is 11.3 Å². The molecule has 2 aromatic rings. The lowest BCUT2D eigenvalue weighted by atomic mass is 9.92. The molecule has 2 aliphatic rings. The van der Waals surface area contributed by atoms with Crippen molar-refractivity contribution in [2.45, 2.75) is 45.3 Å². The summed E-state index contributed by atoms with van der Waals surface area (Å²) in [4.78, 5) is 28.8. The second-order valence-electron chi connectivity index (χ2n) is 7.77. The maximum Gasteiger partial charge on any atom is 0.276 e. The van der Waals surface area contributed by atoms with Gasteiger partial charge in [0.15, 0.2) is 5.69 Å². The number of piperidine rings is 1. The van der Waals surface area contributed by atoms with E-state index in [0.717, 1.165) is 19.3 Å². The van der Waals surface area contributed by atoms with Crippen molar-refractivity contribution in [3.8, 4) is 0 Å². The smallest absolute Gasteiger partial charge is 0.276 e. The van der Waals surface area contributed by atoms with Crippen LogP contribution in [0, 0.1) is 5.41 Å². The third kappa shape index (κ3) is 3.61. The molecule has 28 heavy (non-hydrogen) atoms. The van der Waals surface area contributed by atoms with Crippen LogP contribution >= 0.6 is 11.3 Å². The Kier molecular flexibility index (Phi) is 5.05. The molecule has 0 radical (unpaired) electrons. The Morgan fingerprint density at radius 2 is 2.21 bits per heavy atom. The van der Waals surface area contributed by atoms with E-state index >= 15 is 0 Å². The Bertz CT molecular complexity index is 867. The van der Waals surface area contributed by atoms with Gasteiger partial charge in [0.25, 0.3) is 5.91 Å². The van der Waals surface area contributed by atoms with Gasteiger partial charge in [0.1, 0.15) is 0 Å². The summed E-state index contributed by atoms with van der Waals surface area (Å²) < 4.78 is 1.61. The number of rotatable bonds is 6. The van der Waals surface area contributed by atoms with Crippen molar-refractivity contribution in [2.24, 2.45) is 5.41 Å². The van der Waals surface area contributed by atoms with E-state index < -0.39 is 0 Å². The molecular formula is C20H25N5O2S. The minimum atomic E-state index is -0.0657. The van der Waals surface area contributed by atoms with Crippen LogP contribution in [-0.2, 0) is 17.9 Å². The number of nitrogens with zero attached hydrogens (tertiary/aromatic N) is 5. The molecule has 2 aromatic heterocycles. The molecule has 1 spiro atoms. The fourth-order valence-corrected chi connectivity index (χ4v) is 4.92. The second-order valence-corrected chi connectivity index (χ2v) is 8.55. The molecule has 8 heteroatoms. The van der Waals surface area contributed by atoms with Crippen LogP contribution in [0.2, 0.25) is 0 Å². The summed E-state index contributed by atoms with van der Waals surface area (Å²) in [5.41, 5.74) is 1.74. The molecule has 0 aromatic carbocycles. The first-order valence-electron chi connectivity index (χ1n) is 9.61. The van der Waals surface area contributed by atoms with Gasteiger partial charge in [0.2, 0.25) is 5.91 Å². The highest BCUT2D eigenvalue weighted by Crippen LogP contribution is 2.57. The molecule has 4 rings (SSSR count). The van der Waals surface area contributed by atoms with Crippen molar-refractivity contribution in [3.05, 3.63) is 46.9 Å². The second kappa shape index (κ2) is 7.50. The van der Waals surface area contributed by atoms with Gasteiger partial charge in [-0.3, -0.25) is 9.59 Å². The zero-order valence-electron chi connectivity index (χ0n) is 16.1.